The van der Waals surface area contributed by atoms with Crippen LogP contribution in [0.1, 0.15) is 32.6 Å². The molecule has 0 heterocycles. The molecule has 4 amide bonds. The first-order valence-electron chi connectivity index (χ1n) is 8.86. The third kappa shape index (κ3) is 11.1. The molecule has 4 unspecified atom stereocenters. The number of primary amides is 1. The summed E-state index contributed by atoms with van der Waals surface area (Å²) in [5, 5.41) is 32.8. The highest BCUT2D eigenvalue weighted by Crippen LogP contribution is 2.02. The predicted molar refractivity (Wildman–Crippen MR) is 100 cm³/mol. The van der Waals surface area contributed by atoms with Crippen molar-refractivity contribution in [3.63, 3.8) is 0 Å². The Hall–Kier alpha value is -3.75. The number of carbonyl (C=O) groups is 7. The molecule has 0 saturated carbocycles. The molecule has 10 N–H and O–H groups in total. The summed E-state index contributed by atoms with van der Waals surface area (Å²) in [6.45, 7) is 1.19. The van der Waals surface area contributed by atoms with Gasteiger partial charge < -0.3 is 42.7 Å². The Bertz CT molecular complexity index is 740. The van der Waals surface area contributed by atoms with Gasteiger partial charge in [-0.25, -0.2) is 4.79 Å². The van der Waals surface area contributed by atoms with Gasteiger partial charge >= 0.3 is 17.9 Å². The van der Waals surface area contributed by atoms with Crippen molar-refractivity contribution in [1.82, 2.24) is 16.0 Å². The second kappa shape index (κ2) is 12.7. The first kappa shape index (κ1) is 27.2. The maximum absolute atomic E-state index is 12.3. The zero-order valence-electron chi connectivity index (χ0n) is 16.5. The number of amides is 4. The summed E-state index contributed by atoms with van der Waals surface area (Å²) in [5.74, 6) is -8.31. The Morgan fingerprint density at radius 1 is 0.774 bits per heavy atom. The molecule has 0 rings (SSSR count). The van der Waals surface area contributed by atoms with Crippen LogP contribution in [0.2, 0.25) is 0 Å². The van der Waals surface area contributed by atoms with Gasteiger partial charge in [0.25, 0.3) is 0 Å². The highest BCUT2D eigenvalue weighted by atomic mass is 16.4. The summed E-state index contributed by atoms with van der Waals surface area (Å²) < 4.78 is 0. The van der Waals surface area contributed by atoms with Gasteiger partial charge in [0.05, 0.1) is 18.9 Å². The monoisotopic (exact) mass is 447 g/mol. The van der Waals surface area contributed by atoms with Crippen LogP contribution < -0.4 is 27.4 Å². The van der Waals surface area contributed by atoms with Crippen LogP contribution in [0, 0.1) is 0 Å². The van der Waals surface area contributed by atoms with Crippen molar-refractivity contribution in [2.75, 3.05) is 0 Å². The van der Waals surface area contributed by atoms with Gasteiger partial charge in [-0.3, -0.25) is 28.8 Å². The lowest BCUT2D eigenvalue weighted by atomic mass is 10.1. The van der Waals surface area contributed by atoms with Gasteiger partial charge in [-0.2, -0.15) is 0 Å². The maximum Gasteiger partial charge on any atom is 0.326 e. The number of carboxylic acid groups (broad SMARTS) is 3. The number of hydrogen-bond donors (Lipinski definition) is 8. The van der Waals surface area contributed by atoms with Gasteiger partial charge in [0, 0.05) is 6.42 Å². The van der Waals surface area contributed by atoms with Crippen LogP contribution in [0.4, 0.5) is 0 Å². The summed E-state index contributed by atoms with van der Waals surface area (Å²) in [4.78, 5) is 79.9. The smallest absolute Gasteiger partial charge is 0.326 e. The van der Waals surface area contributed by atoms with Crippen LogP contribution in [-0.4, -0.2) is 81.0 Å². The van der Waals surface area contributed by atoms with Crippen LogP contribution in [0.3, 0.4) is 0 Å². The van der Waals surface area contributed by atoms with Crippen LogP contribution in [-0.2, 0) is 33.6 Å². The van der Waals surface area contributed by atoms with E-state index in [9.17, 15) is 33.6 Å². The fourth-order valence-electron chi connectivity index (χ4n) is 2.17. The SMILES string of the molecule is CC(NC(=O)C(N)CC(N)=O)C(=O)NC(CC(=O)O)C(=O)NC(CCC(=O)O)C(=O)O. The molecule has 174 valence electrons. The topological polar surface area (TPSA) is 268 Å². The van der Waals surface area contributed by atoms with Crippen molar-refractivity contribution >= 4 is 41.5 Å². The third-order valence-electron chi connectivity index (χ3n) is 3.78. The predicted octanol–water partition coefficient (Wildman–Crippen LogP) is -3.91. The first-order valence-corrected chi connectivity index (χ1v) is 8.86. The molecule has 31 heavy (non-hydrogen) atoms. The second-order valence-corrected chi connectivity index (χ2v) is 6.50. The Balaban J connectivity index is 5.15. The number of aliphatic carboxylic acids is 3. The minimum Gasteiger partial charge on any atom is -0.481 e. The zero-order valence-corrected chi connectivity index (χ0v) is 16.5. The lowest BCUT2D eigenvalue weighted by Crippen LogP contribution is -2.57. The Morgan fingerprint density at radius 2 is 1.32 bits per heavy atom. The van der Waals surface area contributed by atoms with Crippen molar-refractivity contribution in [1.29, 1.82) is 0 Å². The average molecular weight is 447 g/mol. The van der Waals surface area contributed by atoms with E-state index in [0.29, 0.717) is 0 Å². The molecular weight excluding hydrogens is 422 g/mol. The normalized spacial score (nSPS) is 14.3. The van der Waals surface area contributed by atoms with E-state index in [1.165, 1.54) is 6.92 Å². The minimum absolute atomic E-state index is 0.478. The van der Waals surface area contributed by atoms with Gasteiger partial charge in [0.1, 0.15) is 18.1 Å². The summed E-state index contributed by atoms with van der Waals surface area (Å²) in [7, 11) is 0. The summed E-state index contributed by atoms with van der Waals surface area (Å²) in [6.07, 6.45) is -2.47. The van der Waals surface area contributed by atoms with Crippen molar-refractivity contribution in [3.8, 4) is 0 Å². The first-order chi connectivity index (χ1) is 14.2. The molecule has 0 radical (unpaired) electrons. The molecule has 15 heteroatoms. The van der Waals surface area contributed by atoms with E-state index in [-0.39, 0.29) is 0 Å². The standard InChI is InChI=1S/C16H25N5O10/c1-6(19-14(28)7(17)4-10(18)22)13(27)21-9(5-12(25)26)15(29)20-8(16(30)31)2-3-11(23)24/h6-9H,2-5,17H2,1H3,(H2,18,22)(H,19,28)(H,20,29)(H,21,27)(H,23,24)(H,25,26)(H,30,31). The molecule has 0 aliphatic rings. The molecule has 0 fully saturated rings. The van der Waals surface area contributed by atoms with Crippen molar-refractivity contribution in [2.24, 2.45) is 11.5 Å². The molecular formula is C16H25N5O10. The molecule has 0 spiro atoms. The fourth-order valence-corrected chi connectivity index (χ4v) is 2.17. The molecule has 0 aliphatic carbocycles. The Labute approximate surface area is 175 Å². The molecule has 0 saturated heterocycles. The van der Waals surface area contributed by atoms with Crippen LogP contribution in [0.5, 0.6) is 0 Å². The molecule has 0 aromatic carbocycles. The van der Waals surface area contributed by atoms with Crippen molar-refractivity contribution < 1.29 is 48.9 Å². The lowest BCUT2D eigenvalue weighted by molar-refractivity contribution is -0.144. The Morgan fingerprint density at radius 3 is 1.77 bits per heavy atom. The van der Waals surface area contributed by atoms with Gasteiger partial charge in [-0.15, -0.1) is 0 Å². The van der Waals surface area contributed by atoms with Crippen molar-refractivity contribution in [3.05, 3.63) is 0 Å². The number of carboxylic acids is 3. The summed E-state index contributed by atoms with van der Waals surface area (Å²) >= 11 is 0. The van der Waals surface area contributed by atoms with Gasteiger partial charge in [0.2, 0.25) is 23.6 Å². The van der Waals surface area contributed by atoms with E-state index in [1.807, 2.05) is 5.32 Å². The highest BCUT2D eigenvalue weighted by molar-refractivity contribution is 5.96. The number of rotatable bonds is 14. The van der Waals surface area contributed by atoms with Crippen LogP contribution in [0.25, 0.3) is 0 Å². The molecule has 4 atom stereocenters. The lowest BCUT2D eigenvalue weighted by Gasteiger charge is -2.22. The largest absolute Gasteiger partial charge is 0.481 e. The van der Waals surface area contributed by atoms with E-state index in [0.717, 1.165) is 0 Å². The maximum atomic E-state index is 12.3. The van der Waals surface area contributed by atoms with E-state index in [2.05, 4.69) is 10.6 Å². The molecule has 0 aromatic rings. The molecule has 0 bridgehead atoms. The van der Waals surface area contributed by atoms with E-state index >= 15 is 0 Å². The van der Waals surface area contributed by atoms with Crippen LogP contribution in [0.15, 0.2) is 0 Å². The number of nitrogens with one attached hydrogen (secondary N) is 3. The Kier molecular flexibility index (Phi) is 11.2. The summed E-state index contributed by atoms with van der Waals surface area (Å²) in [5.41, 5.74) is 10.3. The van der Waals surface area contributed by atoms with Crippen LogP contribution >= 0.6 is 0 Å². The van der Waals surface area contributed by atoms with Gasteiger partial charge in [-0.1, -0.05) is 0 Å². The van der Waals surface area contributed by atoms with Gasteiger partial charge in [0.15, 0.2) is 0 Å². The molecule has 0 aromatic heterocycles. The van der Waals surface area contributed by atoms with E-state index in [4.69, 9.17) is 26.8 Å². The fraction of sp³-hybridized carbons (Fsp3) is 0.562. The highest BCUT2D eigenvalue weighted by Gasteiger charge is 2.30. The average Bonchev–Trinajstić information content (AvgIpc) is 2.62. The molecule has 15 nitrogen and oxygen atoms in total. The van der Waals surface area contributed by atoms with Crippen molar-refractivity contribution in [2.45, 2.75) is 56.8 Å². The number of hydrogen-bond acceptors (Lipinski definition) is 8. The van der Waals surface area contributed by atoms with E-state index in [1.54, 1.807) is 0 Å². The number of nitrogens with two attached hydrogens (primary N) is 2. The van der Waals surface area contributed by atoms with E-state index < -0.39 is 91.4 Å². The minimum atomic E-state index is -1.73. The third-order valence-corrected chi connectivity index (χ3v) is 3.78. The molecule has 0 aliphatic heterocycles. The van der Waals surface area contributed by atoms with Gasteiger partial charge in [-0.05, 0) is 13.3 Å². The zero-order chi connectivity index (χ0) is 24.3. The quantitative estimate of drug-likeness (QED) is 0.127. The number of carbonyl (C=O) groups excluding carboxylic acids is 4. The second-order valence-electron chi connectivity index (χ2n) is 6.50. The summed E-state index contributed by atoms with van der Waals surface area (Å²) in [6, 6.07) is -6.01.